The van der Waals surface area contributed by atoms with E-state index in [0.717, 1.165) is 11.1 Å². The molecule has 2 aromatic heterocycles. The molecule has 1 aliphatic rings. The number of aromatic nitrogens is 3. The predicted octanol–water partition coefficient (Wildman–Crippen LogP) is 2.74. The molecule has 3 heterocycles. The normalized spacial score (nSPS) is 13.8. The summed E-state index contributed by atoms with van der Waals surface area (Å²) in [6.45, 7) is 2.09. The van der Waals surface area contributed by atoms with Gasteiger partial charge in [-0.1, -0.05) is 6.08 Å². The molecule has 0 atom stereocenters. The molecule has 1 aliphatic heterocycles. The molecule has 4 N–H and O–H groups in total. The number of carbonyl (C=O) groups excluding carboxylic acids is 2. The Hall–Kier alpha value is -3.97. The molecule has 0 saturated heterocycles. The van der Waals surface area contributed by atoms with Crippen molar-refractivity contribution in [2.75, 3.05) is 44.6 Å². The van der Waals surface area contributed by atoms with Crippen molar-refractivity contribution in [2.24, 2.45) is 0 Å². The number of rotatable bonds is 11. The van der Waals surface area contributed by atoms with Crippen molar-refractivity contribution < 1.29 is 27.9 Å². The number of nitrogens with zero attached hydrogens (tertiary/aromatic N) is 4. The largest absolute Gasteiger partial charge is 0.395 e. The fraction of sp³-hybridized carbons (Fsp3) is 0.385. The first-order valence-corrected chi connectivity index (χ1v) is 12.6. The molecule has 2 amide bonds. The highest BCUT2D eigenvalue weighted by atomic mass is 19.4. The quantitative estimate of drug-likeness (QED) is 0.273. The number of pyridine rings is 1. The molecular formula is C26H30F3N7O3. The van der Waals surface area contributed by atoms with Crippen LogP contribution in [0.2, 0.25) is 0 Å². The van der Waals surface area contributed by atoms with Crippen molar-refractivity contribution in [1.29, 1.82) is 0 Å². The van der Waals surface area contributed by atoms with Gasteiger partial charge in [-0.3, -0.25) is 9.59 Å². The van der Waals surface area contributed by atoms with Crippen molar-refractivity contribution in [3.05, 3.63) is 59.8 Å². The molecule has 10 nitrogen and oxygen atoms in total. The third-order valence-corrected chi connectivity index (χ3v) is 6.17. The number of amides is 2. The topological polar surface area (TPSA) is 124 Å². The molecule has 0 radical (unpaired) electrons. The number of halogens is 3. The molecule has 0 aliphatic carbocycles. The van der Waals surface area contributed by atoms with Crippen molar-refractivity contribution >= 4 is 34.7 Å². The molecule has 208 valence electrons. The molecule has 0 bridgehead atoms. The average Bonchev–Trinajstić information content (AvgIpc) is 3.34. The summed E-state index contributed by atoms with van der Waals surface area (Å²) in [5.41, 5.74) is 3.58. The standard InChI is InChI=1S/C26H30F3N7O3/c27-26(28,29)10-7-22(38)35-15-8-18(9-16-35)21-2-1-14-36-23(21)33-25(34-36)32-20-5-3-19(4-6-20)24(39)31-12-11-30-13-17-37/h1-6,8,14,30,37H,7,9-13,15-17H2,(H,31,39)(H,32,34). The summed E-state index contributed by atoms with van der Waals surface area (Å²) in [6, 6.07) is 10.6. The van der Waals surface area contributed by atoms with Gasteiger partial charge in [0.2, 0.25) is 11.9 Å². The molecule has 0 spiro atoms. The van der Waals surface area contributed by atoms with Crippen LogP contribution in [0.15, 0.2) is 48.7 Å². The molecule has 3 aromatic rings. The summed E-state index contributed by atoms with van der Waals surface area (Å²) >= 11 is 0. The number of fused-ring (bicyclic) bond motifs is 1. The fourth-order valence-electron chi connectivity index (χ4n) is 4.16. The van der Waals surface area contributed by atoms with Crippen molar-refractivity contribution in [1.82, 2.24) is 30.1 Å². The van der Waals surface area contributed by atoms with E-state index in [0.29, 0.717) is 55.4 Å². The van der Waals surface area contributed by atoms with Gasteiger partial charge in [-0.05, 0) is 48.4 Å². The van der Waals surface area contributed by atoms with E-state index in [2.05, 4.69) is 26.0 Å². The Morgan fingerprint density at radius 3 is 2.56 bits per heavy atom. The number of benzene rings is 1. The van der Waals surface area contributed by atoms with Crippen LogP contribution < -0.4 is 16.0 Å². The Morgan fingerprint density at radius 1 is 1.08 bits per heavy atom. The highest BCUT2D eigenvalue weighted by molar-refractivity contribution is 5.94. The zero-order valence-corrected chi connectivity index (χ0v) is 21.2. The Balaban J connectivity index is 1.38. The van der Waals surface area contributed by atoms with Gasteiger partial charge >= 0.3 is 6.18 Å². The second-order valence-electron chi connectivity index (χ2n) is 8.99. The molecule has 0 saturated carbocycles. The smallest absolute Gasteiger partial charge is 0.389 e. The summed E-state index contributed by atoms with van der Waals surface area (Å²) in [7, 11) is 0. The van der Waals surface area contributed by atoms with Crippen molar-refractivity contribution in [2.45, 2.75) is 25.4 Å². The van der Waals surface area contributed by atoms with E-state index >= 15 is 0 Å². The van der Waals surface area contributed by atoms with Crippen LogP contribution in [0, 0.1) is 0 Å². The minimum absolute atomic E-state index is 0.0423. The average molecular weight is 546 g/mol. The summed E-state index contributed by atoms with van der Waals surface area (Å²) in [4.78, 5) is 30.5. The lowest BCUT2D eigenvalue weighted by Gasteiger charge is -2.27. The van der Waals surface area contributed by atoms with Gasteiger partial charge < -0.3 is 26.0 Å². The summed E-state index contributed by atoms with van der Waals surface area (Å²) < 4.78 is 39.0. The molecule has 1 aromatic carbocycles. The number of hydrogen-bond acceptors (Lipinski definition) is 7. The van der Waals surface area contributed by atoms with Gasteiger partial charge in [0.15, 0.2) is 5.65 Å². The number of anilines is 2. The van der Waals surface area contributed by atoms with Crippen LogP contribution in [0.1, 0.15) is 35.2 Å². The van der Waals surface area contributed by atoms with Gasteiger partial charge in [0.1, 0.15) is 0 Å². The number of aliphatic hydroxyl groups excluding tert-OH is 1. The van der Waals surface area contributed by atoms with E-state index in [9.17, 15) is 22.8 Å². The highest BCUT2D eigenvalue weighted by Gasteiger charge is 2.29. The lowest BCUT2D eigenvalue weighted by Crippen LogP contribution is -2.35. The second kappa shape index (κ2) is 12.7. The van der Waals surface area contributed by atoms with E-state index in [1.54, 1.807) is 35.0 Å². The van der Waals surface area contributed by atoms with Gasteiger partial charge in [-0.15, -0.1) is 5.10 Å². The number of alkyl halides is 3. The van der Waals surface area contributed by atoms with E-state index in [1.807, 2.05) is 18.2 Å². The van der Waals surface area contributed by atoms with Crippen molar-refractivity contribution in [3.8, 4) is 0 Å². The highest BCUT2D eigenvalue weighted by Crippen LogP contribution is 2.28. The number of nitrogens with one attached hydrogen (secondary N) is 3. The Morgan fingerprint density at radius 2 is 1.87 bits per heavy atom. The van der Waals surface area contributed by atoms with Gasteiger partial charge in [-0.2, -0.15) is 18.2 Å². The van der Waals surface area contributed by atoms with Crippen molar-refractivity contribution in [3.63, 3.8) is 0 Å². The zero-order valence-electron chi connectivity index (χ0n) is 21.2. The molecular weight excluding hydrogens is 515 g/mol. The molecule has 39 heavy (non-hydrogen) atoms. The van der Waals surface area contributed by atoms with Gasteiger partial charge in [0.05, 0.1) is 13.0 Å². The maximum Gasteiger partial charge on any atom is 0.389 e. The lowest BCUT2D eigenvalue weighted by atomic mass is 10.00. The van der Waals surface area contributed by atoms with Gasteiger partial charge in [-0.25, -0.2) is 4.52 Å². The second-order valence-corrected chi connectivity index (χ2v) is 8.99. The molecule has 4 rings (SSSR count). The SMILES string of the molecule is O=C(NCCNCCO)c1ccc(Nc2nc3c(C4=CCN(C(=O)CCC(F)(F)F)CC4)cccn3n2)cc1. The Kier molecular flexibility index (Phi) is 9.15. The third kappa shape index (κ3) is 7.77. The summed E-state index contributed by atoms with van der Waals surface area (Å²) in [5, 5.41) is 22.1. The molecule has 0 unspecified atom stereocenters. The first-order chi connectivity index (χ1) is 18.7. The fourth-order valence-corrected chi connectivity index (χ4v) is 4.16. The first-order valence-electron chi connectivity index (χ1n) is 12.6. The van der Waals surface area contributed by atoms with E-state index in [1.165, 1.54) is 4.90 Å². The van der Waals surface area contributed by atoms with Gasteiger partial charge in [0.25, 0.3) is 5.91 Å². The monoisotopic (exact) mass is 545 g/mol. The zero-order chi connectivity index (χ0) is 27.8. The van der Waals surface area contributed by atoms with E-state index in [-0.39, 0.29) is 19.1 Å². The third-order valence-electron chi connectivity index (χ3n) is 6.17. The van der Waals surface area contributed by atoms with E-state index < -0.39 is 24.9 Å². The van der Waals surface area contributed by atoms with Crippen LogP contribution in [0.4, 0.5) is 24.8 Å². The van der Waals surface area contributed by atoms with Crippen LogP contribution in [-0.4, -0.2) is 81.9 Å². The maximum absolute atomic E-state index is 12.4. The number of hydrogen-bond donors (Lipinski definition) is 4. The first kappa shape index (κ1) is 28.0. The summed E-state index contributed by atoms with van der Waals surface area (Å²) in [6.07, 6.45) is -1.91. The van der Waals surface area contributed by atoms with E-state index in [4.69, 9.17) is 5.11 Å². The molecule has 0 fully saturated rings. The molecule has 13 heteroatoms. The van der Waals surface area contributed by atoms with Gasteiger partial charge in [0, 0.05) is 62.2 Å². The van der Waals surface area contributed by atoms with Crippen LogP contribution in [-0.2, 0) is 4.79 Å². The number of aliphatic hydroxyl groups is 1. The maximum atomic E-state index is 12.4. The summed E-state index contributed by atoms with van der Waals surface area (Å²) in [5.74, 6) is -0.354. The Bertz CT molecular complexity index is 1320. The van der Waals surface area contributed by atoms with Crippen LogP contribution >= 0.6 is 0 Å². The predicted molar refractivity (Wildman–Crippen MR) is 139 cm³/mol. The lowest BCUT2D eigenvalue weighted by molar-refractivity contribution is -0.148. The number of carbonyl (C=O) groups is 2. The Labute approximate surface area is 222 Å². The van der Waals surface area contributed by atoms with Crippen LogP contribution in [0.5, 0.6) is 0 Å². The van der Waals surface area contributed by atoms with Crippen LogP contribution in [0.3, 0.4) is 0 Å². The van der Waals surface area contributed by atoms with Crippen LogP contribution in [0.25, 0.3) is 11.2 Å². The minimum Gasteiger partial charge on any atom is -0.395 e. The minimum atomic E-state index is -4.35.